The van der Waals surface area contributed by atoms with E-state index >= 15 is 0 Å². The summed E-state index contributed by atoms with van der Waals surface area (Å²) >= 11 is 0. The van der Waals surface area contributed by atoms with Gasteiger partial charge < -0.3 is 9.65 Å². The van der Waals surface area contributed by atoms with Crippen LogP contribution < -0.4 is 5.09 Å². The van der Waals surface area contributed by atoms with Gasteiger partial charge in [-0.25, -0.2) is 0 Å². The molecule has 13 heavy (non-hydrogen) atoms. The zero-order valence-corrected chi connectivity index (χ0v) is 9.35. The number of halogens is 2. The van der Waals surface area contributed by atoms with Crippen LogP contribution in [-0.2, 0) is 4.57 Å². The van der Waals surface area contributed by atoms with Crippen molar-refractivity contribution < 1.29 is 4.57 Å². The average Bonchev–Trinajstić information content (AvgIpc) is 2.07. The third-order valence-corrected chi connectivity index (χ3v) is 1.69. The fraction of sp³-hybridized carbons (Fsp3) is 0. The number of rotatable bonds is 2. The molecule has 72 valence electrons. The average molecular weight is 239 g/mol. The maximum Gasteiger partial charge on any atom is 0.146 e. The summed E-state index contributed by atoms with van der Waals surface area (Å²) in [4.78, 5) is 0. The van der Waals surface area contributed by atoms with Gasteiger partial charge in [-0.3, -0.25) is 0 Å². The van der Waals surface area contributed by atoms with Gasteiger partial charge in [0.15, 0.2) is 0 Å². The third kappa shape index (κ3) is 4.80. The van der Waals surface area contributed by atoms with Crippen LogP contribution in [-0.4, -0.2) is 0 Å². The van der Waals surface area contributed by atoms with Gasteiger partial charge in [-0.2, -0.15) is 5.26 Å². The van der Waals surface area contributed by atoms with E-state index in [2.05, 4.69) is 5.09 Å². The van der Waals surface area contributed by atoms with Gasteiger partial charge in [-0.05, 0) is 24.3 Å². The number of nitriles is 1. The fourth-order valence-electron chi connectivity index (χ4n) is 0.709. The van der Waals surface area contributed by atoms with Crippen molar-refractivity contribution in [2.45, 2.75) is 0 Å². The Balaban J connectivity index is 0. The van der Waals surface area contributed by atoms with E-state index in [1.807, 2.05) is 6.07 Å². The Morgan fingerprint density at radius 2 is 1.77 bits per heavy atom. The van der Waals surface area contributed by atoms with Gasteiger partial charge >= 0.3 is 0 Å². The molecule has 0 aliphatic carbocycles. The molecular formula is C7H9Cl2N2OP. The Morgan fingerprint density at radius 3 is 2.15 bits per heavy atom. The molecule has 0 saturated carbocycles. The van der Waals surface area contributed by atoms with Crippen molar-refractivity contribution in [3.63, 3.8) is 0 Å². The second-order valence-corrected chi connectivity index (χ2v) is 2.48. The number of nitrogens with zero attached hydrogens (tertiary/aromatic N) is 1. The molecule has 0 radical (unpaired) electrons. The zero-order valence-electron chi connectivity index (χ0n) is 6.56. The quantitative estimate of drug-likeness (QED) is 0.806. The molecule has 0 amide bonds. The van der Waals surface area contributed by atoms with Crippen molar-refractivity contribution >= 4 is 39.1 Å². The highest BCUT2D eigenvalue weighted by molar-refractivity contribution is 7.25. The standard InChI is InChI=1S/C7H7N2OP.2ClH/c8-5-6-1-3-7(4-2-6)9-11-10;;/h1-4H,11H2,(H,9,10);2*1H. The van der Waals surface area contributed by atoms with E-state index < -0.39 is 8.61 Å². The summed E-state index contributed by atoms with van der Waals surface area (Å²) in [6.45, 7) is 0. The second-order valence-electron chi connectivity index (χ2n) is 1.95. The minimum absolute atomic E-state index is 0. The Bertz CT molecular complexity index is 296. The van der Waals surface area contributed by atoms with Crippen molar-refractivity contribution in [3.8, 4) is 6.07 Å². The molecule has 1 rings (SSSR count). The van der Waals surface area contributed by atoms with E-state index in [9.17, 15) is 4.57 Å². The molecule has 3 nitrogen and oxygen atoms in total. The molecule has 0 spiro atoms. The number of hydrogen-bond donors (Lipinski definition) is 1. The molecular weight excluding hydrogens is 230 g/mol. The molecule has 1 N–H and O–H groups in total. The second kappa shape index (κ2) is 7.94. The van der Waals surface area contributed by atoms with Gasteiger partial charge in [0.05, 0.1) is 11.6 Å². The molecule has 0 aliphatic rings. The van der Waals surface area contributed by atoms with E-state index in [0.717, 1.165) is 5.69 Å². The Kier molecular flexibility index (Phi) is 9.06. The first-order valence-corrected chi connectivity index (χ1v) is 4.12. The molecule has 0 fully saturated rings. The van der Waals surface area contributed by atoms with Crippen LogP contribution >= 0.6 is 33.4 Å². The van der Waals surface area contributed by atoms with Crippen molar-refractivity contribution in [3.05, 3.63) is 29.8 Å². The van der Waals surface area contributed by atoms with Gasteiger partial charge in [0.1, 0.15) is 8.61 Å². The summed E-state index contributed by atoms with van der Waals surface area (Å²) in [5.74, 6) is 0. The first-order valence-electron chi connectivity index (χ1n) is 3.07. The lowest BCUT2D eigenvalue weighted by atomic mass is 10.2. The molecule has 0 heterocycles. The lowest BCUT2D eigenvalue weighted by Gasteiger charge is -1.96. The Hall–Kier alpha value is -0.680. The summed E-state index contributed by atoms with van der Waals surface area (Å²) in [7, 11) is -0.968. The van der Waals surface area contributed by atoms with Crippen molar-refractivity contribution in [1.29, 1.82) is 5.26 Å². The monoisotopic (exact) mass is 238 g/mol. The molecule has 1 unspecified atom stereocenters. The van der Waals surface area contributed by atoms with Gasteiger partial charge in [-0.1, -0.05) is 0 Å². The van der Waals surface area contributed by atoms with Gasteiger partial charge in [0.25, 0.3) is 0 Å². The summed E-state index contributed by atoms with van der Waals surface area (Å²) in [6.07, 6.45) is 0. The minimum atomic E-state index is -0.968. The lowest BCUT2D eigenvalue weighted by Crippen LogP contribution is -1.79. The van der Waals surface area contributed by atoms with E-state index in [4.69, 9.17) is 5.26 Å². The van der Waals surface area contributed by atoms with Crippen LogP contribution in [0, 0.1) is 11.3 Å². The van der Waals surface area contributed by atoms with Crippen molar-refractivity contribution in [2.75, 3.05) is 5.09 Å². The zero-order chi connectivity index (χ0) is 8.10. The summed E-state index contributed by atoms with van der Waals surface area (Å²) < 4.78 is 10.2. The van der Waals surface area contributed by atoms with Crippen LogP contribution in [0.4, 0.5) is 5.69 Å². The number of anilines is 1. The number of benzene rings is 1. The molecule has 0 aromatic heterocycles. The number of hydrogen-bond acceptors (Lipinski definition) is 2. The normalized spacial score (nSPS) is 8.23. The maximum atomic E-state index is 10.2. The molecule has 0 aliphatic heterocycles. The highest BCUT2D eigenvalue weighted by atomic mass is 35.5. The minimum Gasteiger partial charge on any atom is -0.340 e. The molecule has 0 bridgehead atoms. The molecule has 1 atom stereocenters. The largest absolute Gasteiger partial charge is 0.340 e. The lowest BCUT2D eigenvalue weighted by molar-refractivity contribution is 0.601. The van der Waals surface area contributed by atoms with Crippen LogP contribution in [0.3, 0.4) is 0 Å². The van der Waals surface area contributed by atoms with Crippen LogP contribution in [0.1, 0.15) is 5.56 Å². The van der Waals surface area contributed by atoms with Crippen molar-refractivity contribution in [1.82, 2.24) is 0 Å². The molecule has 1 aromatic carbocycles. The molecule has 6 heteroatoms. The summed E-state index contributed by atoms with van der Waals surface area (Å²) in [5.41, 5.74) is 1.39. The van der Waals surface area contributed by atoms with Gasteiger partial charge in [0, 0.05) is 5.69 Å². The van der Waals surface area contributed by atoms with Crippen LogP contribution in [0.15, 0.2) is 24.3 Å². The van der Waals surface area contributed by atoms with E-state index in [-0.39, 0.29) is 24.8 Å². The predicted molar refractivity (Wildman–Crippen MR) is 59.7 cm³/mol. The topological polar surface area (TPSA) is 52.9 Å². The van der Waals surface area contributed by atoms with Crippen LogP contribution in [0.25, 0.3) is 0 Å². The first kappa shape index (κ1) is 14.8. The van der Waals surface area contributed by atoms with Crippen molar-refractivity contribution in [2.24, 2.45) is 0 Å². The molecule has 0 saturated heterocycles. The molecule has 1 aromatic rings. The SMILES string of the molecule is Cl.Cl.N#Cc1ccc(N[PH2]=O)cc1. The maximum absolute atomic E-state index is 10.2. The number of nitrogens with one attached hydrogen (secondary N) is 1. The highest BCUT2D eigenvalue weighted by Crippen LogP contribution is 2.11. The van der Waals surface area contributed by atoms with Crippen LogP contribution in [0.5, 0.6) is 0 Å². The summed E-state index contributed by atoms with van der Waals surface area (Å²) in [5, 5.41) is 11.1. The summed E-state index contributed by atoms with van der Waals surface area (Å²) in [6, 6.07) is 8.80. The van der Waals surface area contributed by atoms with E-state index in [1.165, 1.54) is 0 Å². The third-order valence-electron chi connectivity index (χ3n) is 1.24. The van der Waals surface area contributed by atoms with Gasteiger partial charge in [0.2, 0.25) is 0 Å². The van der Waals surface area contributed by atoms with Gasteiger partial charge in [-0.15, -0.1) is 24.8 Å². The van der Waals surface area contributed by atoms with E-state index in [0.29, 0.717) is 5.56 Å². The highest BCUT2D eigenvalue weighted by Gasteiger charge is 1.89. The fourth-order valence-corrected chi connectivity index (χ4v) is 1.04. The van der Waals surface area contributed by atoms with E-state index in [1.54, 1.807) is 24.3 Å². The van der Waals surface area contributed by atoms with Crippen LogP contribution in [0.2, 0.25) is 0 Å². The predicted octanol–water partition coefficient (Wildman–Crippen LogP) is 2.49. The smallest absolute Gasteiger partial charge is 0.146 e. The Morgan fingerprint density at radius 1 is 1.23 bits per heavy atom. The first-order chi connectivity index (χ1) is 5.36. The Labute approximate surface area is 90.2 Å².